The summed E-state index contributed by atoms with van der Waals surface area (Å²) in [6.07, 6.45) is 13.9. The number of carboxylic acids is 1. The van der Waals surface area contributed by atoms with Crippen LogP contribution in [-0.4, -0.2) is 51.6 Å². The van der Waals surface area contributed by atoms with Crippen LogP contribution in [0, 0.1) is 11.8 Å². The highest BCUT2D eigenvalue weighted by molar-refractivity contribution is 5.92. The minimum Gasteiger partial charge on any atom is -0.478 e. The average Bonchev–Trinajstić information content (AvgIpc) is 3.56. The molecule has 4 aliphatic rings. The highest BCUT2D eigenvalue weighted by atomic mass is 16.5. The maximum absolute atomic E-state index is 12.0. The number of ether oxygens (including phenoxy) is 1. The number of aromatic amines is 1. The van der Waals surface area contributed by atoms with Crippen LogP contribution in [0.5, 0.6) is 11.5 Å². The Hall–Kier alpha value is -3.84. The number of aromatic carboxylic acids is 1. The normalized spacial score (nSPS) is 24.7. The monoisotopic (exact) mass is 576 g/mol. The van der Waals surface area contributed by atoms with Gasteiger partial charge in [-0.15, -0.1) is 0 Å². The molecule has 8 rings (SSSR count). The minimum absolute atomic E-state index is 0.160. The Morgan fingerprint density at radius 1 is 0.907 bits per heavy atom. The van der Waals surface area contributed by atoms with Crippen LogP contribution in [0.3, 0.4) is 0 Å². The lowest BCUT2D eigenvalue weighted by molar-refractivity contribution is 0.0316. The van der Waals surface area contributed by atoms with Crippen molar-refractivity contribution in [3.8, 4) is 11.5 Å². The molecule has 7 nitrogen and oxygen atoms in total. The number of benzene rings is 2. The number of anilines is 1. The summed E-state index contributed by atoms with van der Waals surface area (Å²) in [6.45, 7) is 3.25. The molecular formula is C36H40N4O3. The second kappa shape index (κ2) is 11.0. The maximum Gasteiger partial charge on any atom is 0.339 e. The van der Waals surface area contributed by atoms with E-state index < -0.39 is 5.97 Å². The number of fused-ring (bicyclic) bond motifs is 1. The molecule has 222 valence electrons. The van der Waals surface area contributed by atoms with E-state index in [0.29, 0.717) is 17.5 Å². The van der Waals surface area contributed by atoms with Crippen LogP contribution in [0.1, 0.15) is 84.8 Å². The van der Waals surface area contributed by atoms with Crippen LogP contribution in [0.15, 0.2) is 67.0 Å². The predicted octanol–water partition coefficient (Wildman–Crippen LogP) is 7.76. The van der Waals surface area contributed by atoms with Crippen molar-refractivity contribution in [2.75, 3.05) is 24.5 Å². The Morgan fingerprint density at radius 3 is 2.51 bits per heavy atom. The minimum atomic E-state index is -0.994. The molecule has 0 amide bonds. The van der Waals surface area contributed by atoms with E-state index in [9.17, 15) is 9.90 Å². The van der Waals surface area contributed by atoms with Gasteiger partial charge in [0.2, 0.25) is 0 Å². The largest absolute Gasteiger partial charge is 0.478 e. The molecule has 7 heteroatoms. The first kappa shape index (κ1) is 26.8. The number of pyridine rings is 1. The summed E-state index contributed by atoms with van der Waals surface area (Å²) in [5.41, 5.74) is 5.21. The van der Waals surface area contributed by atoms with E-state index >= 15 is 0 Å². The second-order valence-corrected chi connectivity index (χ2v) is 13.2. The molecule has 43 heavy (non-hydrogen) atoms. The zero-order valence-electron chi connectivity index (χ0n) is 24.6. The molecule has 4 aromatic rings. The average molecular weight is 577 g/mol. The number of H-pyrrole nitrogens is 1. The van der Waals surface area contributed by atoms with Gasteiger partial charge >= 0.3 is 5.97 Å². The molecule has 2 aromatic carbocycles. The van der Waals surface area contributed by atoms with Gasteiger partial charge < -0.3 is 19.7 Å². The standard InChI is InChI=1S/C36H40N4O3/c41-36(42)32-10-9-27(21-34(32)43-29-20-25-11-14-37-35(25)38-22-29)39-16-12-23(13-17-39)26-18-28(19-26)40-15-3-6-33(40)31-5-2-1-4-30(31)24-7-8-24/h1-2,4-5,9-11,14,20-24,26,28,33H,3,6-8,12-13,15-19H2,(H,37,38)(H,41,42)/t26?,28?,33-/m0/s1. The Morgan fingerprint density at radius 2 is 1.72 bits per heavy atom. The van der Waals surface area contributed by atoms with Gasteiger partial charge in [-0.1, -0.05) is 24.3 Å². The molecule has 4 fully saturated rings. The van der Waals surface area contributed by atoms with E-state index in [4.69, 9.17) is 4.74 Å². The fourth-order valence-electron chi connectivity index (χ4n) is 8.13. The number of likely N-dealkylation sites (tertiary alicyclic amines) is 1. The van der Waals surface area contributed by atoms with E-state index in [1.54, 1.807) is 23.4 Å². The lowest BCUT2D eigenvalue weighted by atomic mass is 9.68. The van der Waals surface area contributed by atoms with E-state index in [2.05, 4.69) is 44.0 Å². The Bertz CT molecular complexity index is 1630. The second-order valence-electron chi connectivity index (χ2n) is 13.2. The molecule has 0 radical (unpaired) electrons. The Balaban J connectivity index is 0.898. The number of nitrogens with one attached hydrogen (secondary N) is 1. The lowest BCUT2D eigenvalue weighted by Gasteiger charge is -2.49. The number of carboxylic acid groups (broad SMARTS) is 1. The van der Waals surface area contributed by atoms with Gasteiger partial charge in [0.15, 0.2) is 0 Å². The smallest absolute Gasteiger partial charge is 0.339 e. The van der Waals surface area contributed by atoms with Crippen molar-refractivity contribution < 1.29 is 14.6 Å². The third kappa shape index (κ3) is 5.18. The Labute approximate surface area is 252 Å². The third-order valence-corrected chi connectivity index (χ3v) is 10.7. The quantitative estimate of drug-likeness (QED) is 0.223. The van der Waals surface area contributed by atoms with Crippen LogP contribution in [-0.2, 0) is 0 Å². The lowest BCUT2D eigenvalue weighted by Crippen LogP contribution is -2.48. The first-order valence-corrected chi connectivity index (χ1v) is 16.2. The van der Waals surface area contributed by atoms with E-state index in [1.807, 2.05) is 30.5 Å². The van der Waals surface area contributed by atoms with Gasteiger partial charge in [0.05, 0.1) is 6.20 Å². The molecule has 4 heterocycles. The number of nitrogens with zero attached hydrogens (tertiary/aromatic N) is 3. The van der Waals surface area contributed by atoms with Crippen LogP contribution >= 0.6 is 0 Å². The van der Waals surface area contributed by atoms with Gasteiger partial charge in [0.25, 0.3) is 0 Å². The van der Waals surface area contributed by atoms with Crippen molar-refractivity contribution in [3.05, 3.63) is 83.7 Å². The topological polar surface area (TPSA) is 81.7 Å². The maximum atomic E-state index is 12.0. The van der Waals surface area contributed by atoms with Crippen molar-refractivity contribution >= 4 is 22.7 Å². The van der Waals surface area contributed by atoms with Crippen molar-refractivity contribution in [3.63, 3.8) is 0 Å². The summed E-state index contributed by atoms with van der Waals surface area (Å²) in [5, 5.41) is 10.7. The van der Waals surface area contributed by atoms with Gasteiger partial charge in [-0.25, -0.2) is 9.78 Å². The molecule has 2 saturated carbocycles. The summed E-state index contributed by atoms with van der Waals surface area (Å²) in [4.78, 5) is 24.7. The van der Waals surface area contributed by atoms with Crippen molar-refractivity contribution in [2.24, 2.45) is 11.8 Å². The number of carbonyl (C=O) groups is 1. The highest BCUT2D eigenvalue weighted by Crippen LogP contribution is 2.49. The molecule has 2 N–H and O–H groups in total. The number of aromatic nitrogens is 2. The summed E-state index contributed by atoms with van der Waals surface area (Å²) >= 11 is 0. The molecule has 0 unspecified atom stereocenters. The number of hydrogen-bond donors (Lipinski definition) is 2. The zero-order valence-corrected chi connectivity index (χ0v) is 24.6. The van der Waals surface area contributed by atoms with E-state index in [-0.39, 0.29) is 5.56 Å². The molecule has 0 bridgehead atoms. The van der Waals surface area contributed by atoms with E-state index in [0.717, 1.165) is 53.6 Å². The van der Waals surface area contributed by atoms with Gasteiger partial charge in [0.1, 0.15) is 22.7 Å². The van der Waals surface area contributed by atoms with Crippen LogP contribution in [0.4, 0.5) is 5.69 Å². The molecular weight excluding hydrogens is 536 g/mol. The highest BCUT2D eigenvalue weighted by Gasteiger charge is 2.43. The van der Waals surface area contributed by atoms with Crippen molar-refractivity contribution in [2.45, 2.75) is 69.4 Å². The molecule has 2 aliphatic carbocycles. The Kier molecular flexibility index (Phi) is 6.86. The van der Waals surface area contributed by atoms with Gasteiger partial charge in [-0.2, -0.15) is 0 Å². The van der Waals surface area contributed by atoms with Gasteiger partial charge in [0, 0.05) is 48.5 Å². The molecule has 2 aliphatic heterocycles. The molecule has 0 spiro atoms. The fourth-order valence-corrected chi connectivity index (χ4v) is 8.13. The summed E-state index contributed by atoms with van der Waals surface area (Å²) < 4.78 is 6.10. The number of piperidine rings is 1. The zero-order chi connectivity index (χ0) is 28.9. The number of rotatable bonds is 8. The fraction of sp³-hybridized carbons (Fsp3) is 0.444. The van der Waals surface area contributed by atoms with Gasteiger partial charge in [-0.3, -0.25) is 4.90 Å². The summed E-state index contributed by atoms with van der Waals surface area (Å²) in [6, 6.07) is 19.9. The molecule has 2 aromatic heterocycles. The predicted molar refractivity (Wildman–Crippen MR) is 168 cm³/mol. The van der Waals surface area contributed by atoms with Crippen LogP contribution in [0.2, 0.25) is 0 Å². The first-order valence-electron chi connectivity index (χ1n) is 16.2. The molecule has 2 saturated heterocycles. The van der Waals surface area contributed by atoms with Crippen molar-refractivity contribution in [1.29, 1.82) is 0 Å². The van der Waals surface area contributed by atoms with Crippen LogP contribution < -0.4 is 9.64 Å². The third-order valence-electron chi connectivity index (χ3n) is 10.7. The van der Waals surface area contributed by atoms with E-state index in [1.165, 1.54) is 57.9 Å². The summed E-state index contributed by atoms with van der Waals surface area (Å²) in [7, 11) is 0. The summed E-state index contributed by atoms with van der Waals surface area (Å²) in [5.74, 6) is 2.31. The van der Waals surface area contributed by atoms with Crippen molar-refractivity contribution in [1.82, 2.24) is 14.9 Å². The first-order chi connectivity index (χ1) is 21.1. The number of hydrogen-bond acceptors (Lipinski definition) is 5. The molecule has 1 atom stereocenters. The van der Waals surface area contributed by atoms with Gasteiger partial charge in [-0.05, 0) is 111 Å². The van der Waals surface area contributed by atoms with Crippen LogP contribution in [0.25, 0.3) is 11.0 Å². The SMILES string of the molecule is O=C(O)c1ccc(N2CCC(C3CC(N4CCC[C@H]4c4ccccc4C4CC4)C3)CC2)cc1Oc1cnc2[nH]ccc2c1.